The minimum absolute atomic E-state index is 0.660. The molecule has 0 spiro atoms. The second kappa shape index (κ2) is 9.68. The van der Waals surface area contributed by atoms with Gasteiger partial charge in [0, 0.05) is 27.2 Å². The molecule has 6 aromatic carbocycles. The van der Waals surface area contributed by atoms with Gasteiger partial charge < -0.3 is 13.4 Å². The van der Waals surface area contributed by atoms with Crippen LogP contribution < -0.4 is 0 Å². The Labute approximate surface area is 268 Å². The maximum absolute atomic E-state index is 9.50. The first kappa shape index (κ1) is 25.7. The van der Waals surface area contributed by atoms with E-state index in [1.807, 2.05) is 60.7 Å². The van der Waals surface area contributed by atoms with Gasteiger partial charge in [0.2, 0.25) is 0 Å². The summed E-state index contributed by atoms with van der Waals surface area (Å²) >= 11 is 0. The van der Waals surface area contributed by atoms with Gasteiger partial charge in [-0.3, -0.25) is 0 Å². The van der Waals surface area contributed by atoms with Crippen molar-refractivity contribution in [3.05, 3.63) is 145 Å². The fourth-order valence-electron chi connectivity index (χ4n) is 7.05. The Morgan fingerprint density at radius 2 is 1.04 bits per heavy atom. The second-order valence-electron chi connectivity index (χ2n) is 11.9. The number of aromatic nitrogens is 2. The molecule has 0 atom stereocenters. The average molecular weight is 602 g/mol. The van der Waals surface area contributed by atoms with Gasteiger partial charge in [-0.05, 0) is 77.4 Å². The van der Waals surface area contributed by atoms with Crippen molar-refractivity contribution in [1.82, 2.24) is 9.55 Å². The molecule has 4 heterocycles. The van der Waals surface area contributed by atoms with Crippen molar-refractivity contribution in [3.63, 3.8) is 0 Å². The zero-order chi connectivity index (χ0) is 31.1. The summed E-state index contributed by atoms with van der Waals surface area (Å²) in [7, 11) is 0. The van der Waals surface area contributed by atoms with Crippen LogP contribution in [0.25, 0.3) is 93.9 Å². The van der Waals surface area contributed by atoms with Gasteiger partial charge in [0.15, 0.2) is 11.2 Å². The smallest absolute Gasteiger partial charge is 0.165 e. The molecule has 4 aromatic heterocycles. The van der Waals surface area contributed by atoms with Crippen LogP contribution in [-0.2, 0) is 0 Å². The molecule has 0 saturated carbocycles. The predicted molar refractivity (Wildman–Crippen MR) is 189 cm³/mol. The summed E-state index contributed by atoms with van der Waals surface area (Å²) in [6.45, 7) is 0. The number of nitriles is 1. The summed E-state index contributed by atoms with van der Waals surface area (Å²) < 4.78 is 15.1. The normalized spacial score (nSPS) is 11.8. The van der Waals surface area contributed by atoms with Gasteiger partial charge in [-0.25, -0.2) is 4.98 Å². The van der Waals surface area contributed by atoms with E-state index in [4.69, 9.17) is 13.8 Å². The predicted octanol–water partition coefficient (Wildman–Crippen LogP) is 11.2. The number of nitrogens with zero attached hydrogens (tertiary/aromatic N) is 3. The van der Waals surface area contributed by atoms with E-state index >= 15 is 0 Å². The standard InChI is InChI=1S/C42H23N3O2/c43-24-25-13-22-35-33(23-25)30-7-1-4-10-34(30)45(35)29-20-18-27(19-21-29)26-14-16-28(17-15-26)38-41-39(31-8-2-5-11-36(31)46-41)44-40-32-9-3-6-12-37(32)47-42(38)40/h1-23H. The number of para-hydroxylation sites is 3. The molecule has 0 saturated heterocycles. The van der Waals surface area contributed by atoms with Crippen molar-refractivity contribution in [2.45, 2.75) is 0 Å². The van der Waals surface area contributed by atoms with Gasteiger partial charge in [-0.2, -0.15) is 5.26 Å². The van der Waals surface area contributed by atoms with Crippen LogP contribution in [0.4, 0.5) is 0 Å². The van der Waals surface area contributed by atoms with E-state index in [-0.39, 0.29) is 0 Å². The molecule has 0 bridgehead atoms. The minimum atomic E-state index is 0.660. The Morgan fingerprint density at radius 1 is 0.511 bits per heavy atom. The van der Waals surface area contributed by atoms with Crippen LogP contribution in [0.3, 0.4) is 0 Å². The highest BCUT2D eigenvalue weighted by Gasteiger charge is 2.22. The highest BCUT2D eigenvalue weighted by atomic mass is 16.3. The van der Waals surface area contributed by atoms with E-state index < -0.39 is 0 Å². The Kier molecular flexibility index (Phi) is 5.28. The van der Waals surface area contributed by atoms with Crippen molar-refractivity contribution < 1.29 is 8.83 Å². The zero-order valence-electron chi connectivity index (χ0n) is 24.9. The van der Waals surface area contributed by atoms with E-state index in [9.17, 15) is 5.26 Å². The average Bonchev–Trinajstić information content (AvgIpc) is 3.80. The molecule has 0 aliphatic rings. The number of hydrogen-bond donors (Lipinski definition) is 0. The van der Waals surface area contributed by atoms with Crippen molar-refractivity contribution in [2.75, 3.05) is 0 Å². The largest absolute Gasteiger partial charge is 0.454 e. The molecule has 0 unspecified atom stereocenters. The molecule has 0 fully saturated rings. The minimum Gasteiger partial charge on any atom is -0.454 e. The molecule has 10 rings (SSSR count). The molecule has 0 amide bonds. The van der Waals surface area contributed by atoms with E-state index in [2.05, 4.69) is 89.5 Å². The molecule has 0 radical (unpaired) electrons. The van der Waals surface area contributed by atoms with Crippen LogP contribution in [0.1, 0.15) is 5.56 Å². The van der Waals surface area contributed by atoms with Crippen molar-refractivity contribution in [1.29, 1.82) is 5.26 Å². The van der Waals surface area contributed by atoms with Crippen molar-refractivity contribution in [2.24, 2.45) is 0 Å². The van der Waals surface area contributed by atoms with Gasteiger partial charge in [0.25, 0.3) is 0 Å². The van der Waals surface area contributed by atoms with E-state index in [0.717, 1.165) is 93.9 Å². The molecule has 0 N–H and O–H groups in total. The van der Waals surface area contributed by atoms with E-state index in [1.165, 1.54) is 0 Å². The fraction of sp³-hybridized carbons (Fsp3) is 0. The molecular weight excluding hydrogens is 578 g/mol. The summed E-state index contributed by atoms with van der Waals surface area (Å²) in [6.07, 6.45) is 0. The lowest BCUT2D eigenvalue weighted by atomic mass is 9.99. The first-order valence-corrected chi connectivity index (χ1v) is 15.5. The lowest BCUT2D eigenvalue weighted by Gasteiger charge is -2.10. The Balaban J connectivity index is 1.09. The van der Waals surface area contributed by atoms with Crippen molar-refractivity contribution in [3.8, 4) is 34.0 Å². The third-order valence-electron chi connectivity index (χ3n) is 9.25. The van der Waals surface area contributed by atoms with Crippen LogP contribution in [0.2, 0.25) is 0 Å². The first-order chi connectivity index (χ1) is 23.2. The first-order valence-electron chi connectivity index (χ1n) is 15.5. The summed E-state index contributed by atoms with van der Waals surface area (Å²) in [5.74, 6) is 0. The van der Waals surface area contributed by atoms with Gasteiger partial charge >= 0.3 is 0 Å². The highest BCUT2D eigenvalue weighted by Crippen LogP contribution is 2.43. The van der Waals surface area contributed by atoms with Crippen molar-refractivity contribution >= 4 is 65.9 Å². The number of fused-ring (bicyclic) bond motifs is 9. The van der Waals surface area contributed by atoms with Crippen LogP contribution >= 0.6 is 0 Å². The molecule has 5 heteroatoms. The molecular formula is C42H23N3O2. The van der Waals surface area contributed by atoms with Gasteiger partial charge in [0.05, 0.1) is 28.2 Å². The Bertz CT molecular complexity index is 2810. The summed E-state index contributed by atoms with van der Waals surface area (Å²) in [6, 6.07) is 49.8. The zero-order valence-corrected chi connectivity index (χ0v) is 24.9. The molecule has 218 valence electrons. The lowest BCUT2D eigenvalue weighted by molar-refractivity contribution is 0.657. The number of rotatable bonds is 3. The van der Waals surface area contributed by atoms with Crippen LogP contribution in [0.5, 0.6) is 0 Å². The number of pyridine rings is 1. The van der Waals surface area contributed by atoms with E-state index in [0.29, 0.717) is 5.56 Å². The van der Waals surface area contributed by atoms with Crippen LogP contribution in [0, 0.1) is 11.3 Å². The lowest BCUT2D eigenvalue weighted by Crippen LogP contribution is -1.93. The molecule has 10 aromatic rings. The molecule has 5 nitrogen and oxygen atoms in total. The third-order valence-corrected chi connectivity index (χ3v) is 9.25. The van der Waals surface area contributed by atoms with Gasteiger partial charge in [0.1, 0.15) is 22.2 Å². The monoisotopic (exact) mass is 601 g/mol. The summed E-state index contributed by atoms with van der Waals surface area (Å²) in [5, 5.41) is 13.7. The maximum atomic E-state index is 9.50. The maximum Gasteiger partial charge on any atom is 0.165 e. The highest BCUT2D eigenvalue weighted by molar-refractivity contribution is 6.18. The molecule has 47 heavy (non-hydrogen) atoms. The quantitative estimate of drug-likeness (QED) is 0.202. The number of furan rings is 2. The Morgan fingerprint density at radius 3 is 1.68 bits per heavy atom. The van der Waals surface area contributed by atoms with E-state index in [1.54, 1.807) is 0 Å². The fourth-order valence-corrected chi connectivity index (χ4v) is 7.05. The van der Waals surface area contributed by atoms with Gasteiger partial charge in [-0.1, -0.05) is 78.9 Å². The Hall–Kier alpha value is -6.64. The molecule has 0 aliphatic carbocycles. The summed E-state index contributed by atoms with van der Waals surface area (Å²) in [5.41, 5.74) is 12.8. The molecule has 0 aliphatic heterocycles. The van der Waals surface area contributed by atoms with Crippen LogP contribution in [0.15, 0.2) is 148 Å². The third kappa shape index (κ3) is 3.73. The second-order valence-corrected chi connectivity index (χ2v) is 11.9. The van der Waals surface area contributed by atoms with Crippen LogP contribution in [-0.4, -0.2) is 9.55 Å². The number of hydrogen-bond acceptors (Lipinski definition) is 4. The summed E-state index contributed by atoms with van der Waals surface area (Å²) in [4.78, 5) is 5.08. The number of benzene rings is 6. The van der Waals surface area contributed by atoms with Gasteiger partial charge in [-0.15, -0.1) is 0 Å². The topological polar surface area (TPSA) is 67.9 Å². The SMILES string of the molecule is N#Cc1ccc2c(c1)c1ccccc1n2-c1ccc(-c2ccc(-c3c4oc5ccccc5c4nc4c3oc3ccccc34)cc2)cc1.